The predicted molar refractivity (Wildman–Crippen MR) is 91.7 cm³/mol. The summed E-state index contributed by atoms with van der Waals surface area (Å²) < 4.78 is 44.4. The highest BCUT2D eigenvalue weighted by molar-refractivity contribution is 5.29. The van der Waals surface area contributed by atoms with E-state index in [0.29, 0.717) is 11.7 Å². The first-order valence-corrected chi connectivity index (χ1v) is 9.29. The Labute approximate surface area is 147 Å². The Balaban J connectivity index is 1.67. The summed E-state index contributed by atoms with van der Waals surface area (Å²) in [7, 11) is 0. The van der Waals surface area contributed by atoms with Crippen molar-refractivity contribution in [2.24, 2.45) is 5.92 Å². The number of nitrogens with zero attached hydrogens (tertiary/aromatic N) is 1. The number of piperidine rings is 2. The number of likely N-dealkylation sites (tertiary alicyclic amines) is 1. The molecule has 0 radical (unpaired) electrons. The largest absolute Gasteiger partial charge is 0.489 e. The predicted octanol–water partition coefficient (Wildman–Crippen LogP) is 3.94. The van der Waals surface area contributed by atoms with Crippen LogP contribution >= 0.6 is 0 Å². The van der Waals surface area contributed by atoms with Gasteiger partial charge in [-0.1, -0.05) is 6.42 Å². The minimum absolute atomic E-state index is 0.0163. The molecule has 2 atom stereocenters. The van der Waals surface area contributed by atoms with Gasteiger partial charge in [-0.25, -0.2) is 0 Å². The molecule has 140 valence electrons. The molecular weight excluding hydrogens is 329 g/mol. The SMILES string of the molecule is FC(F)(F)c1ccc(OC(CN2CCCCC2)C2CCCNC2)cc1. The molecule has 0 spiro atoms. The molecule has 2 saturated heterocycles. The van der Waals surface area contributed by atoms with Gasteiger partial charge >= 0.3 is 6.18 Å². The van der Waals surface area contributed by atoms with Crippen LogP contribution in [0.4, 0.5) is 13.2 Å². The van der Waals surface area contributed by atoms with Crippen molar-refractivity contribution in [3.63, 3.8) is 0 Å². The van der Waals surface area contributed by atoms with Crippen LogP contribution in [0.2, 0.25) is 0 Å². The van der Waals surface area contributed by atoms with Gasteiger partial charge in [-0.2, -0.15) is 13.2 Å². The molecule has 2 unspecified atom stereocenters. The van der Waals surface area contributed by atoms with E-state index in [9.17, 15) is 13.2 Å². The first-order chi connectivity index (χ1) is 12.0. The van der Waals surface area contributed by atoms with E-state index >= 15 is 0 Å². The molecule has 0 aliphatic carbocycles. The Hall–Kier alpha value is -1.27. The van der Waals surface area contributed by atoms with Crippen LogP contribution in [0.15, 0.2) is 24.3 Å². The molecule has 2 aliphatic heterocycles. The second-order valence-electron chi connectivity index (χ2n) is 7.15. The molecule has 0 bridgehead atoms. The van der Waals surface area contributed by atoms with Crippen molar-refractivity contribution in [3.05, 3.63) is 29.8 Å². The van der Waals surface area contributed by atoms with Gasteiger partial charge in [-0.05, 0) is 69.6 Å². The lowest BCUT2D eigenvalue weighted by molar-refractivity contribution is -0.137. The fourth-order valence-electron chi connectivity index (χ4n) is 3.77. The van der Waals surface area contributed by atoms with E-state index < -0.39 is 11.7 Å². The first kappa shape index (κ1) is 18.5. The highest BCUT2D eigenvalue weighted by Gasteiger charge is 2.31. The molecule has 0 aromatic heterocycles. The van der Waals surface area contributed by atoms with Crippen molar-refractivity contribution >= 4 is 0 Å². The van der Waals surface area contributed by atoms with Gasteiger partial charge in [0.25, 0.3) is 0 Å². The van der Waals surface area contributed by atoms with Crippen molar-refractivity contribution < 1.29 is 17.9 Å². The molecule has 1 aromatic carbocycles. The molecule has 1 N–H and O–H groups in total. The molecule has 3 nitrogen and oxygen atoms in total. The van der Waals surface area contributed by atoms with Gasteiger partial charge in [0.15, 0.2) is 0 Å². The molecule has 2 aliphatic rings. The van der Waals surface area contributed by atoms with Crippen LogP contribution < -0.4 is 10.1 Å². The Morgan fingerprint density at radius 1 is 1.08 bits per heavy atom. The standard InChI is InChI=1S/C19H27F3N2O/c20-19(21,22)16-6-8-17(9-7-16)25-18(15-5-4-10-23-13-15)14-24-11-2-1-3-12-24/h6-9,15,18,23H,1-5,10-14H2. The quantitative estimate of drug-likeness (QED) is 0.865. The number of benzene rings is 1. The van der Waals surface area contributed by atoms with Gasteiger partial charge in [0, 0.05) is 19.0 Å². The summed E-state index contributed by atoms with van der Waals surface area (Å²) in [5.74, 6) is 0.929. The lowest BCUT2D eigenvalue weighted by Gasteiger charge is -2.36. The van der Waals surface area contributed by atoms with E-state index in [1.54, 1.807) is 0 Å². The maximum atomic E-state index is 12.7. The molecule has 6 heteroatoms. The molecule has 3 rings (SSSR count). The van der Waals surface area contributed by atoms with Gasteiger partial charge < -0.3 is 10.1 Å². The highest BCUT2D eigenvalue weighted by Crippen LogP contribution is 2.31. The number of ether oxygens (including phenoxy) is 1. The number of rotatable bonds is 5. The van der Waals surface area contributed by atoms with E-state index in [0.717, 1.165) is 57.7 Å². The Bertz CT molecular complexity index is 520. The summed E-state index contributed by atoms with van der Waals surface area (Å²) in [6.45, 7) is 4.99. The van der Waals surface area contributed by atoms with Crippen molar-refractivity contribution in [1.82, 2.24) is 10.2 Å². The van der Waals surface area contributed by atoms with Crippen molar-refractivity contribution in [2.75, 3.05) is 32.7 Å². The van der Waals surface area contributed by atoms with Gasteiger partial charge in [0.2, 0.25) is 0 Å². The van der Waals surface area contributed by atoms with Gasteiger partial charge in [0.1, 0.15) is 11.9 Å². The fourth-order valence-corrected chi connectivity index (χ4v) is 3.77. The third kappa shape index (κ3) is 5.35. The van der Waals surface area contributed by atoms with Gasteiger partial charge in [0.05, 0.1) is 5.56 Å². The third-order valence-electron chi connectivity index (χ3n) is 5.22. The molecule has 0 saturated carbocycles. The van der Waals surface area contributed by atoms with Crippen LogP contribution in [-0.4, -0.2) is 43.7 Å². The average molecular weight is 356 g/mol. The smallest absolute Gasteiger partial charge is 0.416 e. The summed E-state index contributed by atoms with van der Waals surface area (Å²) in [4.78, 5) is 2.44. The monoisotopic (exact) mass is 356 g/mol. The highest BCUT2D eigenvalue weighted by atomic mass is 19.4. The Morgan fingerprint density at radius 2 is 1.80 bits per heavy atom. The lowest BCUT2D eigenvalue weighted by Crippen LogP contribution is -2.46. The summed E-state index contributed by atoms with van der Waals surface area (Å²) in [6.07, 6.45) is 1.66. The normalized spacial score (nSPS) is 24.0. The summed E-state index contributed by atoms with van der Waals surface area (Å²) in [5.41, 5.74) is -0.633. The molecule has 1 aromatic rings. The number of hydrogen-bond acceptors (Lipinski definition) is 3. The van der Waals surface area contributed by atoms with E-state index in [2.05, 4.69) is 10.2 Å². The van der Waals surface area contributed by atoms with E-state index in [-0.39, 0.29) is 6.10 Å². The second-order valence-corrected chi connectivity index (χ2v) is 7.15. The van der Waals surface area contributed by atoms with Crippen molar-refractivity contribution in [3.8, 4) is 5.75 Å². The van der Waals surface area contributed by atoms with E-state index in [4.69, 9.17) is 4.74 Å². The molecule has 2 heterocycles. The van der Waals surface area contributed by atoms with E-state index in [1.807, 2.05) is 0 Å². The maximum absolute atomic E-state index is 12.7. The average Bonchev–Trinajstić information content (AvgIpc) is 2.62. The number of hydrogen-bond donors (Lipinski definition) is 1. The van der Waals surface area contributed by atoms with Gasteiger partial charge in [-0.15, -0.1) is 0 Å². The maximum Gasteiger partial charge on any atom is 0.416 e. The molecule has 2 fully saturated rings. The summed E-state index contributed by atoms with van der Waals surface area (Å²) in [6, 6.07) is 5.10. The lowest BCUT2D eigenvalue weighted by atomic mass is 9.92. The topological polar surface area (TPSA) is 24.5 Å². The fraction of sp³-hybridized carbons (Fsp3) is 0.684. The first-order valence-electron chi connectivity index (χ1n) is 9.29. The zero-order chi connectivity index (χ0) is 17.7. The van der Waals surface area contributed by atoms with Gasteiger partial charge in [-0.3, -0.25) is 4.90 Å². The minimum atomic E-state index is -4.31. The van der Waals surface area contributed by atoms with Crippen LogP contribution in [0, 0.1) is 5.92 Å². The zero-order valence-corrected chi connectivity index (χ0v) is 14.5. The molecular formula is C19H27F3N2O. The number of nitrogens with one attached hydrogen (secondary N) is 1. The number of alkyl halides is 3. The van der Waals surface area contributed by atoms with Crippen LogP contribution in [0.5, 0.6) is 5.75 Å². The number of halogens is 3. The van der Waals surface area contributed by atoms with Crippen molar-refractivity contribution in [2.45, 2.75) is 44.4 Å². The van der Waals surface area contributed by atoms with Crippen LogP contribution in [0.3, 0.4) is 0 Å². The Morgan fingerprint density at radius 3 is 2.40 bits per heavy atom. The van der Waals surface area contributed by atoms with Crippen LogP contribution in [0.1, 0.15) is 37.7 Å². The van der Waals surface area contributed by atoms with Crippen LogP contribution in [-0.2, 0) is 6.18 Å². The summed E-state index contributed by atoms with van der Waals surface area (Å²) in [5, 5.41) is 3.42. The third-order valence-corrected chi connectivity index (χ3v) is 5.22. The van der Waals surface area contributed by atoms with E-state index in [1.165, 1.54) is 31.4 Å². The van der Waals surface area contributed by atoms with Crippen molar-refractivity contribution in [1.29, 1.82) is 0 Å². The zero-order valence-electron chi connectivity index (χ0n) is 14.5. The summed E-state index contributed by atoms with van der Waals surface area (Å²) >= 11 is 0. The minimum Gasteiger partial charge on any atom is -0.489 e. The van der Waals surface area contributed by atoms with Crippen LogP contribution in [0.25, 0.3) is 0 Å². The Kier molecular flexibility index (Phi) is 6.23. The second kappa shape index (κ2) is 8.41. The molecule has 25 heavy (non-hydrogen) atoms. The molecule has 0 amide bonds.